The van der Waals surface area contributed by atoms with Gasteiger partial charge in [0, 0.05) is 29.7 Å². The van der Waals surface area contributed by atoms with Crippen molar-refractivity contribution in [1.29, 1.82) is 0 Å². The van der Waals surface area contributed by atoms with E-state index in [1.807, 2.05) is 20.8 Å². The molecule has 1 fully saturated rings. The van der Waals surface area contributed by atoms with Gasteiger partial charge in [-0.05, 0) is 60.4 Å². The van der Waals surface area contributed by atoms with Crippen molar-refractivity contribution in [2.24, 2.45) is 5.92 Å². The third-order valence-corrected chi connectivity index (χ3v) is 5.65. The maximum absolute atomic E-state index is 14.0. The summed E-state index contributed by atoms with van der Waals surface area (Å²) in [5, 5.41) is 11.2. The summed E-state index contributed by atoms with van der Waals surface area (Å²) >= 11 is 0. The van der Waals surface area contributed by atoms with E-state index in [1.54, 1.807) is 30.3 Å². The van der Waals surface area contributed by atoms with Crippen molar-refractivity contribution in [3.8, 4) is 5.75 Å². The molecule has 1 N–H and O–H groups in total. The Bertz CT molecular complexity index is 1320. The SMILES string of the molecule is Cc1cc(/C(O)=C2\C(=O)C(=O)N(c3ccc(F)c(F)c3)C2c2cccnc2)ccc1OCC(C)C. The molecule has 0 spiro atoms. The van der Waals surface area contributed by atoms with Gasteiger partial charge in [0.05, 0.1) is 18.2 Å². The number of aliphatic hydroxyl groups excluding tert-OH is 1. The van der Waals surface area contributed by atoms with E-state index in [0.29, 0.717) is 29.4 Å². The summed E-state index contributed by atoms with van der Waals surface area (Å²) in [6.07, 6.45) is 2.97. The zero-order valence-corrected chi connectivity index (χ0v) is 19.5. The molecule has 1 atom stereocenters. The number of ether oxygens (including phenoxy) is 1. The molecule has 1 amide bonds. The van der Waals surface area contributed by atoms with Crippen LogP contribution in [0, 0.1) is 24.5 Å². The second kappa shape index (κ2) is 9.66. The highest BCUT2D eigenvalue weighted by Crippen LogP contribution is 2.42. The van der Waals surface area contributed by atoms with E-state index in [-0.39, 0.29) is 17.0 Å². The van der Waals surface area contributed by atoms with Gasteiger partial charge in [-0.25, -0.2) is 8.78 Å². The van der Waals surface area contributed by atoms with E-state index in [2.05, 4.69) is 4.98 Å². The molecule has 1 aromatic heterocycles. The van der Waals surface area contributed by atoms with Gasteiger partial charge >= 0.3 is 0 Å². The zero-order chi connectivity index (χ0) is 25.3. The molecule has 0 aliphatic carbocycles. The Balaban J connectivity index is 1.84. The summed E-state index contributed by atoms with van der Waals surface area (Å²) < 4.78 is 33.4. The van der Waals surface area contributed by atoms with Crippen LogP contribution in [-0.2, 0) is 9.59 Å². The Morgan fingerprint density at radius 1 is 1.11 bits per heavy atom. The van der Waals surface area contributed by atoms with Crippen LogP contribution in [0.25, 0.3) is 5.76 Å². The molecule has 1 unspecified atom stereocenters. The molecule has 0 radical (unpaired) electrons. The summed E-state index contributed by atoms with van der Waals surface area (Å²) in [5.41, 5.74) is 1.28. The fourth-order valence-corrected chi connectivity index (χ4v) is 3.96. The number of ketones is 1. The van der Waals surface area contributed by atoms with Gasteiger partial charge in [0.1, 0.15) is 11.5 Å². The number of Topliss-reactive ketones (excluding diaryl/α,β-unsaturated/α-hetero) is 1. The number of anilines is 1. The third-order valence-electron chi connectivity index (χ3n) is 5.65. The number of hydrogen-bond acceptors (Lipinski definition) is 5. The minimum absolute atomic E-state index is 0.0208. The third kappa shape index (κ3) is 4.64. The van der Waals surface area contributed by atoms with E-state index < -0.39 is 29.4 Å². The van der Waals surface area contributed by atoms with Crippen molar-refractivity contribution in [3.63, 3.8) is 0 Å². The predicted molar refractivity (Wildman–Crippen MR) is 127 cm³/mol. The number of aliphatic hydroxyl groups is 1. The molecular formula is C27H24F2N2O4. The Hall–Kier alpha value is -4.07. The smallest absolute Gasteiger partial charge is 0.300 e. The van der Waals surface area contributed by atoms with E-state index in [4.69, 9.17) is 4.74 Å². The average Bonchev–Trinajstić information content (AvgIpc) is 3.10. The van der Waals surface area contributed by atoms with Gasteiger partial charge in [-0.15, -0.1) is 0 Å². The van der Waals surface area contributed by atoms with Crippen molar-refractivity contribution in [3.05, 3.63) is 94.8 Å². The van der Waals surface area contributed by atoms with Crippen LogP contribution in [-0.4, -0.2) is 28.4 Å². The van der Waals surface area contributed by atoms with Crippen LogP contribution in [0.15, 0.2) is 66.5 Å². The highest BCUT2D eigenvalue weighted by molar-refractivity contribution is 6.51. The Kier molecular flexibility index (Phi) is 6.64. The van der Waals surface area contributed by atoms with Gasteiger partial charge in [0.25, 0.3) is 11.7 Å². The summed E-state index contributed by atoms with van der Waals surface area (Å²) in [4.78, 5) is 31.3. The topological polar surface area (TPSA) is 79.7 Å². The Labute approximate surface area is 201 Å². The minimum Gasteiger partial charge on any atom is -0.507 e. The lowest BCUT2D eigenvalue weighted by Crippen LogP contribution is -2.29. The lowest BCUT2D eigenvalue weighted by molar-refractivity contribution is -0.132. The molecule has 2 heterocycles. The van der Waals surface area contributed by atoms with Gasteiger partial charge in [-0.3, -0.25) is 19.5 Å². The minimum atomic E-state index is -1.16. The number of rotatable bonds is 6. The highest BCUT2D eigenvalue weighted by Gasteiger charge is 2.47. The monoisotopic (exact) mass is 478 g/mol. The van der Waals surface area contributed by atoms with E-state index >= 15 is 0 Å². The number of halogens is 2. The number of benzene rings is 2. The summed E-state index contributed by atoms with van der Waals surface area (Å²) in [6.45, 7) is 6.39. The van der Waals surface area contributed by atoms with Gasteiger partial charge < -0.3 is 9.84 Å². The molecule has 180 valence electrons. The van der Waals surface area contributed by atoms with Crippen LogP contribution in [0.1, 0.15) is 36.6 Å². The van der Waals surface area contributed by atoms with Crippen molar-refractivity contribution in [1.82, 2.24) is 4.98 Å². The second-order valence-corrected chi connectivity index (χ2v) is 8.74. The van der Waals surface area contributed by atoms with E-state index in [0.717, 1.165) is 22.6 Å². The first-order valence-electron chi connectivity index (χ1n) is 11.1. The number of pyridine rings is 1. The molecule has 1 aliphatic rings. The largest absolute Gasteiger partial charge is 0.507 e. The molecule has 0 bridgehead atoms. The standard InChI is InChI=1S/C27H24F2N2O4/c1-15(2)14-35-22-9-6-17(11-16(22)3)25(32)23-24(18-5-4-10-30-13-18)31(27(34)26(23)33)19-7-8-20(28)21(29)12-19/h4-13,15,24,32H,14H2,1-3H3/b25-23+. The lowest BCUT2D eigenvalue weighted by Gasteiger charge is -2.25. The molecule has 2 aromatic carbocycles. The van der Waals surface area contributed by atoms with Crippen LogP contribution in [0.5, 0.6) is 5.75 Å². The number of carbonyl (C=O) groups excluding carboxylic acids is 2. The number of carbonyl (C=O) groups is 2. The van der Waals surface area contributed by atoms with Gasteiger partial charge in [0.2, 0.25) is 0 Å². The molecule has 0 saturated carbocycles. The molecule has 1 aliphatic heterocycles. The summed E-state index contributed by atoms with van der Waals surface area (Å²) in [6, 6.07) is 10.0. The van der Waals surface area contributed by atoms with Crippen molar-refractivity contribution in [2.45, 2.75) is 26.8 Å². The van der Waals surface area contributed by atoms with E-state index in [1.165, 1.54) is 18.5 Å². The normalized spacial score (nSPS) is 17.3. The molecule has 6 nitrogen and oxygen atoms in total. The molecule has 4 rings (SSSR count). The van der Waals surface area contributed by atoms with Crippen molar-refractivity contribution in [2.75, 3.05) is 11.5 Å². The lowest BCUT2D eigenvalue weighted by atomic mass is 9.95. The predicted octanol–water partition coefficient (Wildman–Crippen LogP) is 5.33. The number of aromatic nitrogens is 1. The Morgan fingerprint density at radius 2 is 1.89 bits per heavy atom. The first kappa shape index (κ1) is 24.1. The van der Waals surface area contributed by atoms with Gasteiger partial charge in [-0.2, -0.15) is 0 Å². The van der Waals surface area contributed by atoms with Crippen molar-refractivity contribution < 1.29 is 28.2 Å². The average molecular weight is 478 g/mol. The van der Waals surface area contributed by atoms with Crippen molar-refractivity contribution >= 4 is 23.1 Å². The maximum Gasteiger partial charge on any atom is 0.300 e. The number of hydrogen-bond donors (Lipinski definition) is 1. The van der Waals surface area contributed by atoms with E-state index in [9.17, 15) is 23.5 Å². The van der Waals surface area contributed by atoms with Crippen LogP contribution in [0.2, 0.25) is 0 Å². The number of nitrogens with zero attached hydrogens (tertiary/aromatic N) is 2. The zero-order valence-electron chi connectivity index (χ0n) is 19.5. The number of aryl methyl sites for hydroxylation is 1. The van der Waals surface area contributed by atoms with Crippen LogP contribution in [0.3, 0.4) is 0 Å². The van der Waals surface area contributed by atoms with Gasteiger partial charge in [-0.1, -0.05) is 19.9 Å². The molecule has 3 aromatic rings. The fraction of sp³-hybridized carbons (Fsp3) is 0.222. The molecule has 35 heavy (non-hydrogen) atoms. The maximum atomic E-state index is 14.0. The Morgan fingerprint density at radius 3 is 2.51 bits per heavy atom. The quantitative estimate of drug-likeness (QED) is 0.294. The van der Waals surface area contributed by atoms with Gasteiger partial charge in [0.15, 0.2) is 11.6 Å². The molecule has 1 saturated heterocycles. The first-order valence-corrected chi connectivity index (χ1v) is 11.1. The summed E-state index contributed by atoms with van der Waals surface area (Å²) in [5.74, 6) is -3.59. The van der Waals surface area contributed by atoms with Crippen LogP contribution >= 0.6 is 0 Å². The second-order valence-electron chi connectivity index (χ2n) is 8.74. The van der Waals surface area contributed by atoms with Crippen LogP contribution < -0.4 is 9.64 Å². The number of amides is 1. The molecular weight excluding hydrogens is 454 g/mol. The van der Waals surface area contributed by atoms with Crippen LogP contribution in [0.4, 0.5) is 14.5 Å². The first-order chi connectivity index (χ1) is 16.7. The summed E-state index contributed by atoms with van der Waals surface area (Å²) in [7, 11) is 0. The highest BCUT2D eigenvalue weighted by atomic mass is 19.2. The fourth-order valence-electron chi connectivity index (χ4n) is 3.96. The molecule has 8 heteroatoms.